The van der Waals surface area contributed by atoms with Crippen molar-refractivity contribution in [3.05, 3.63) is 70.8 Å². The molecular formula is C27H37IO2. The van der Waals surface area contributed by atoms with Crippen LogP contribution in [0.3, 0.4) is 0 Å². The molecule has 0 radical (unpaired) electrons. The minimum absolute atomic E-state index is 0.204. The average molecular weight is 520 g/mol. The van der Waals surface area contributed by atoms with Crippen molar-refractivity contribution in [3.8, 4) is 0 Å². The molecule has 164 valence electrons. The molecule has 0 spiro atoms. The third-order valence-corrected chi connectivity index (χ3v) is 8.11. The maximum Gasteiger partial charge on any atom is 0.0790 e. The molecule has 2 aromatic carbocycles. The van der Waals surface area contributed by atoms with E-state index in [1.54, 1.807) is 0 Å². The van der Waals surface area contributed by atoms with E-state index in [2.05, 4.69) is 85.0 Å². The third kappa shape index (κ3) is 6.30. The highest BCUT2D eigenvalue weighted by Crippen LogP contribution is 2.46. The molecule has 2 N–H and O–H groups in total. The molecule has 1 saturated carbocycles. The largest absolute Gasteiger partial charge is 0.392 e. The van der Waals surface area contributed by atoms with Gasteiger partial charge in [-0.25, -0.2) is 0 Å². The molecule has 30 heavy (non-hydrogen) atoms. The Morgan fingerprint density at radius 1 is 1.07 bits per heavy atom. The molecule has 0 amide bonds. The Morgan fingerprint density at radius 2 is 1.83 bits per heavy atom. The van der Waals surface area contributed by atoms with Crippen molar-refractivity contribution in [2.45, 2.75) is 87.3 Å². The SMILES string of the molecule is CCCCCC(O)c1ccc(C2[C@@H](CCCc3cccc(C)c3)C(I)C[C@H]2O)cc1. The fraction of sp³-hybridized carbons (Fsp3) is 0.556. The molecule has 3 rings (SSSR count). The van der Waals surface area contributed by atoms with Crippen molar-refractivity contribution in [1.82, 2.24) is 0 Å². The summed E-state index contributed by atoms with van der Waals surface area (Å²) in [6, 6.07) is 17.2. The van der Waals surface area contributed by atoms with E-state index in [1.165, 1.54) is 29.5 Å². The van der Waals surface area contributed by atoms with Gasteiger partial charge in [-0.1, -0.05) is 103 Å². The zero-order chi connectivity index (χ0) is 21.5. The van der Waals surface area contributed by atoms with Gasteiger partial charge in [0.1, 0.15) is 0 Å². The molecule has 3 heteroatoms. The molecule has 3 unspecified atom stereocenters. The van der Waals surface area contributed by atoms with Gasteiger partial charge in [-0.2, -0.15) is 0 Å². The zero-order valence-electron chi connectivity index (χ0n) is 18.4. The quantitative estimate of drug-likeness (QED) is 0.203. The van der Waals surface area contributed by atoms with E-state index < -0.39 is 0 Å². The monoisotopic (exact) mass is 520 g/mol. The summed E-state index contributed by atoms with van der Waals surface area (Å²) in [6.45, 7) is 4.34. The number of alkyl halides is 1. The lowest BCUT2D eigenvalue weighted by atomic mass is 9.83. The van der Waals surface area contributed by atoms with Crippen molar-refractivity contribution in [2.75, 3.05) is 0 Å². The molecule has 0 heterocycles. The van der Waals surface area contributed by atoms with Crippen LogP contribution in [0.4, 0.5) is 0 Å². The fourth-order valence-corrected chi connectivity index (χ4v) is 6.32. The van der Waals surface area contributed by atoms with Crippen LogP contribution in [0.15, 0.2) is 48.5 Å². The molecule has 0 bridgehead atoms. The minimum Gasteiger partial charge on any atom is -0.392 e. The molecule has 0 saturated heterocycles. The van der Waals surface area contributed by atoms with E-state index in [9.17, 15) is 10.2 Å². The number of hydrogen-bond acceptors (Lipinski definition) is 2. The van der Waals surface area contributed by atoms with Gasteiger partial charge in [0.25, 0.3) is 0 Å². The van der Waals surface area contributed by atoms with Crippen molar-refractivity contribution in [3.63, 3.8) is 0 Å². The normalized spacial score (nSPS) is 24.8. The van der Waals surface area contributed by atoms with Gasteiger partial charge in [0, 0.05) is 9.84 Å². The predicted octanol–water partition coefficient (Wildman–Crippen LogP) is 6.90. The number of unbranched alkanes of at least 4 members (excludes halogenated alkanes) is 2. The van der Waals surface area contributed by atoms with E-state index in [0.29, 0.717) is 9.84 Å². The number of aliphatic hydroxyl groups is 2. The summed E-state index contributed by atoms with van der Waals surface area (Å²) >= 11 is 2.55. The molecule has 2 nitrogen and oxygen atoms in total. The first kappa shape index (κ1) is 23.7. The van der Waals surface area contributed by atoms with Crippen LogP contribution in [0.1, 0.15) is 86.1 Å². The van der Waals surface area contributed by atoms with Crippen LogP contribution in [0.5, 0.6) is 0 Å². The van der Waals surface area contributed by atoms with Gasteiger partial charge in [-0.3, -0.25) is 0 Å². The van der Waals surface area contributed by atoms with E-state index >= 15 is 0 Å². The van der Waals surface area contributed by atoms with Crippen LogP contribution < -0.4 is 0 Å². The summed E-state index contributed by atoms with van der Waals surface area (Å²) in [5.41, 5.74) is 4.97. The fourth-order valence-electron chi connectivity index (χ4n) is 5.00. The maximum atomic E-state index is 10.8. The lowest BCUT2D eigenvalue weighted by molar-refractivity contribution is 0.153. The molecule has 1 aliphatic carbocycles. The molecule has 1 aliphatic rings. The van der Waals surface area contributed by atoms with Gasteiger partial charge in [-0.15, -0.1) is 0 Å². The second-order valence-corrected chi connectivity index (χ2v) is 10.7. The predicted molar refractivity (Wildman–Crippen MR) is 134 cm³/mol. The summed E-state index contributed by atoms with van der Waals surface area (Å²) in [5, 5.41) is 21.2. The molecule has 5 atom stereocenters. The van der Waals surface area contributed by atoms with Gasteiger partial charge >= 0.3 is 0 Å². The van der Waals surface area contributed by atoms with Crippen molar-refractivity contribution in [2.24, 2.45) is 5.92 Å². The highest BCUT2D eigenvalue weighted by molar-refractivity contribution is 14.1. The zero-order valence-corrected chi connectivity index (χ0v) is 20.6. The first-order valence-electron chi connectivity index (χ1n) is 11.6. The lowest BCUT2D eigenvalue weighted by Gasteiger charge is -2.25. The number of hydrogen-bond donors (Lipinski definition) is 2. The van der Waals surface area contributed by atoms with Gasteiger partial charge in [0.2, 0.25) is 0 Å². The number of aliphatic hydroxyl groups excluding tert-OH is 2. The van der Waals surface area contributed by atoms with Crippen LogP contribution in [-0.2, 0) is 6.42 Å². The molecule has 1 fully saturated rings. The van der Waals surface area contributed by atoms with Gasteiger partial charge in [-0.05, 0) is 61.6 Å². The highest BCUT2D eigenvalue weighted by atomic mass is 127. The van der Waals surface area contributed by atoms with Crippen LogP contribution in [-0.4, -0.2) is 20.2 Å². The Hall–Kier alpha value is -0.910. The Kier molecular flexibility index (Phi) is 9.21. The smallest absolute Gasteiger partial charge is 0.0790 e. The molecule has 0 aromatic heterocycles. The van der Waals surface area contributed by atoms with E-state index in [1.807, 2.05) is 0 Å². The summed E-state index contributed by atoms with van der Waals surface area (Å²) in [7, 11) is 0. The average Bonchev–Trinajstić information content (AvgIpc) is 3.01. The van der Waals surface area contributed by atoms with Crippen LogP contribution in [0, 0.1) is 12.8 Å². The second kappa shape index (κ2) is 11.6. The first-order chi connectivity index (χ1) is 14.5. The van der Waals surface area contributed by atoms with Crippen LogP contribution >= 0.6 is 22.6 Å². The second-order valence-electron chi connectivity index (χ2n) is 9.07. The van der Waals surface area contributed by atoms with Crippen molar-refractivity contribution >= 4 is 22.6 Å². The van der Waals surface area contributed by atoms with Crippen LogP contribution in [0.2, 0.25) is 0 Å². The van der Waals surface area contributed by atoms with E-state index in [4.69, 9.17) is 0 Å². The Balaban J connectivity index is 1.62. The molecule has 0 aliphatic heterocycles. The van der Waals surface area contributed by atoms with E-state index in [0.717, 1.165) is 44.1 Å². The van der Waals surface area contributed by atoms with Gasteiger partial charge < -0.3 is 10.2 Å². The molecule has 2 aromatic rings. The summed E-state index contributed by atoms with van der Waals surface area (Å²) in [5.74, 6) is 0.710. The Bertz CT molecular complexity index is 773. The third-order valence-electron chi connectivity index (χ3n) is 6.68. The lowest BCUT2D eigenvalue weighted by Crippen LogP contribution is -2.19. The summed E-state index contributed by atoms with van der Waals surface area (Å²) < 4.78 is 0.513. The molecular weight excluding hydrogens is 483 g/mol. The topological polar surface area (TPSA) is 40.5 Å². The van der Waals surface area contributed by atoms with Gasteiger partial charge in [0.15, 0.2) is 0 Å². The van der Waals surface area contributed by atoms with Crippen molar-refractivity contribution in [1.29, 1.82) is 0 Å². The Morgan fingerprint density at radius 3 is 2.53 bits per heavy atom. The number of rotatable bonds is 10. The summed E-state index contributed by atoms with van der Waals surface area (Å²) in [6.07, 6.45) is 7.89. The number of benzene rings is 2. The van der Waals surface area contributed by atoms with Crippen molar-refractivity contribution < 1.29 is 10.2 Å². The van der Waals surface area contributed by atoms with E-state index in [-0.39, 0.29) is 18.1 Å². The standard InChI is InChI=1S/C27H37IO2/c1-3-4-5-12-25(29)21-13-15-22(16-14-21)27-23(24(28)18-26(27)30)11-7-10-20-9-6-8-19(2)17-20/h6,8-9,13-17,23-27,29-30H,3-5,7,10-12,18H2,1-2H3/t23-,24?,25?,26+,27?/m0/s1. The van der Waals surface area contributed by atoms with Crippen LogP contribution in [0.25, 0.3) is 0 Å². The first-order valence-corrected chi connectivity index (χ1v) is 12.9. The number of aryl methyl sites for hydroxylation is 2. The van der Waals surface area contributed by atoms with Gasteiger partial charge in [0.05, 0.1) is 12.2 Å². The summed E-state index contributed by atoms with van der Waals surface area (Å²) in [4.78, 5) is 0. The number of halogens is 1. The Labute approximate surface area is 196 Å². The maximum absolute atomic E-state index is 10.8. The minimum atomic E-state index is -0.374. The highest BCUT2D eigenvalue weighted by Gasteiger charge is 2.41.